The molecule has 0 saturated heterocycles. The average molecular weight is 424 g/mol. The van der Waals surface area contributed by atoms with Crippen LogP contribution in [0.25, 0.3) is 11.3 Å². The second kappa shape index (κ2) is 8.55. The molecule has 0 radical (unpaired) electrons. The van der Waals surface area contributed by atoms with Gasteiger partial charge in [-0.05, 0) is 24.0 Å². The van der Waals surface area contributed by atoms with Crippen molar-refractivity contribution in [2.24, 2.45) is 5.92 Å². The molecule has 0 bridgehead atoms. The Hall–Kier alpha value is -2.38. The van der Waals surface area contributed by atoms with Crippen molar-refractivity contribution in [1.82, 2.24) is 4.57 Å². The van der Waals surface area contributed by atoms with E-state index >= 15 is 0 Å². The number of carbonyl (C=O) groups is 1. The lowest BCUT2D eigenvalue weighted by molar-refractivity contribution is 0.0694. The highest BCUT2D eigenvalue weighted by Crippen LogP contribution is 2.44. The highest BCUT2D eigenvalue weighted by Gasteiger charge is 2.31. The maximum atomic E-state index is 14.9. The molecule has 0 spiro atoms. The number of carboxylic acid groups (broad SMARTS) is 1. The predicted octanol–water partition coefficient (Wildman–Crippen LogP) is 4.17. The summed E-state index contributed by atoms with van der Waals surface area (Å²) < 4.78 is 27.1. The van der Waals surface area contributed by atoms with Gasteiger partial charge in [0.2, 0.25) is 0 Å². The number of aromatic carboxylic acids is 1. The highest BCUT2D eigenvalue weighted by atomic mass is 35.5. The standard InChI is InChI=1S/C21H23ClFNO5/c1-11(2)14-7-12-8-17(29-6-4-5-28-3)20(23)19(22)18(12)15-9-16(25)13(21(26)27)10-24(14)15/h8-11,14H,4-7H2,1-3H3,(H,26,27)/t14-/m1/s1. The number of halogens is 2. The Bertz CT molecular complexity index is 1000. The van der Waals surface area contributed by atoms with Crippen LogP contribution in [0.2, 0.25) is 5.02 Å². The monoisotopic (exact) mass is 423 g/mol. The van der Waals surface area contributed by atoms with Crippen molar-refractivity contribution in [3.63, 3.8) is 0 Å². The maximum Gasteiger partial charge on any atom is 0.341 e. The van der Waals surface area contributed by atoms with Crippen LogP contribution in [-0.4, -0.2) is 36.0 Å². The van der Waals surface area contributed by atoms with Crippen LogP contribution in [0.5, 0.6) is 5.75 Å². The molecule has 0 fully saturated rings. The molecule has 1 aliphatic rings. The van der Waals surface area contributed by atoms with Gasteiger partial charge in [0.15, 0.2) is 17.0 Å². The SMILES string of the molecule is COCCCOc1cc2c(c(Cl)c1F)-c1cc(=O)c(C(=O)O)cn1[C@@H](C(C)C)C2. The molecule has 6 nitrogen and oxygen atoms in total. The molecular formula is C21H23ClFNO5. The number of hydrogen-bond acceptors (Lipinski definition) is 4. The van der Waals surface area contributed by atoms with Crippen LogP contribution in [-0.2, 0) is 11.2 Å². The van der Waals surface area contributed by atoms with Gasteiger partial charge in [0.1, 0.15) is 5.56 Å². The number of hydrogen-bond donors (Lipinski definition) is 1. The van der Waals surface area contributed by atoms with E-state index in [1.54, 1.807) is 17.7 Å². The Morgan fingerprint density at radius 1 is 1.38 bits per heavy atom. The molecule has 1 N–H and O–H groups in total. The van der Waals surface area contributed by atoms with E-state index in [0.29, 0.717) is 30.7 Å². The van der Waals surface area contributed by atoms with Gasteiger partial charge in [-0.1, -0.05) is 25.4 Å². The van der Waals surface area contributed by atoms with E-state index in [0.717, 1.165) is 5.56 Å². The topological polar surface area (TPSA) is 77.8 Å². The van der Waals surface area contributed by atoms with Crippen LogP contribution >= 0.6 is 11.6 Å². The molecule has 1 aromatic carbocycles. The minimum atomic E-state index is -1.30. The number of benzene rings is 1. The molecule has 0 unspecified atom stereocenters. The number of aromatic nitrogens is 1. The van der Waals surface area contributed by atoms with Crippen LogP contribution in [0.1, 0.15) is 42.2 Å². The number of rotatable bonds is 7. The Balaban J connectivity index is 2.14. The highest BCUT2D eigenvalue weighted by molar-refractivity contribution is 6.33. The summed E-state index contributed by atoms with van der Waals surface area (Å²) in [6, 6.07) is 2.73. The molecule has 2 heterocycles. The zero-order valence-electron chi connectivity index (χ0n) is 16.5. The molecular weight excluding hydrogens is 401 g/mol. The molecule has 1 atom stereocenters. The van der Waals surface area contributed by atoms with E-state index in [1.807, 2.05) is 13.8 Å². The lowest BCUT2D eigenvalue weighted by atomic mass is 9.87. The van der Waals surface area contributed by atoms with Gasteiger partial charge in [-0.3, -0.25) is 4.79 Å². The van der Waals surface area contributed by atoms with Crippen molar-refractivity contribution in [2.45, 2.75) is 32.7 Å². The van der Waals surface area contributed by atoms with Crippen LogP contribution < -0.4 is 10.2 Å². The van der Waals surface area contributed by atoms with Gasteiger partial charge in [0.25, 0.3) is 0 Å². The molecule has 0 saturated carbocycles. The number of carboxylic acids is 1. The molecule has 156 valence electrons. The van der Waals surface area contributed by atoms with Crippen molar-refractivity contribution in [3.05, 3.63) is 50.5 Å². The van der Waals surface area contributed by atoms with Gasteiger partial charge in [-0.15, -0.1) is 0 Å². The van der Waals surface area contributed by atoms with Gasteiger partial charge in [-0.2, -0.15) is 0 Å². The number of methoxy groups -OCH3 is 1. The number of nitrogens with zero attached hydrogens (tertiary/aromatic N) is 1. The average Bonchev–Trinajstić information content (AvgIpc) is 2.66. The van der Waals surface area contributed by atoms with Crippen LogP contribution in [0, 0.1) is 11.7 Å². The Morgan fingerprint density at radius 2 is 2.10 bits per heavy atom. The van der Waals surface area contributed by atoms with Crippen molar-refractivity contribution in [2.75, 3.05) is 20.3 Å². The lowest BCUT2D eigenvalue weighted by Crippen LogP contribution is -2.28. The Morgan fingerprint density at radius 3 is 2.72 bits per heavy atom. The molecule has 3 rings (SSSR count). The molecule has 8 heteroatoms. The summed E-state index contributed by atoms with van der Waals surface area (Å²) in [6.07, 6.45) is 2.45. The number of ether oxygens (including phenoxy) is 2. The second-order valence-electron chi connectivity index (χ2n) is 7.40. The first-order chi connectivity index (χ1) is 13.8. The lowest BCUT2D eigenvalue weighted by Gasteiger charge is -2.34. The van der Waals surface area contributed by atoms with Gasteiger partial charge in [0.05, 0.1) is 17.3 Å². The van der Waals surface area contributed by atoms with Gasteiger partial charge in [-0.25, -0.2) is 9.18 Å². The predicted molar refractivity (Wildman–Crippen MR) is 108 cm³/mol. The summed E-state index contributed by atoms with van der Waals surface area (Å²) in [5.41, 5.74) is 0.612. The summed E-state index contributed by atoms with van der Waals surface area (Å²) in [4.78, 5) is 23.7. The number of fused-ring (bicyclic) bond motifs is 3. The fourth-order valence-electron chi connectivity index (χ4n) is 3.65. The van der Waals surface area contributed by atoms with Gasteiger partial charge >= 0.3 is 5.97 Å². The third-order valence-corrected chi connectivity index (χ3v) is 5.48. The van der Waals surface area contributed by atoms with Crippen molar-refractivity contribution < 1.29 is 23.8 Å². The first kappa shape index (κ1) is 21.3. The zero-order valence-corrected chi connectivity index (χ0v) is 17.3. The summed E-state index contributed by atoms with van der Waals surface area (Å²) in [5, 5.41) is 9.18. The van der Waals surface area contributed by atoms with E-state index in [4.69, 9.17) is 21.1 Å². The molecule has 0 aliphatic carbocycles. The molecule has 29 heavy (non-hydrogen) atoms. The fourth-order valence-corrected chi connectivity index (χ4v) is 3.96. The van der Waals surface area contributed by atoms with Crippen LogP contribution in [0.3, 0.4) is 0 Å². The summed E-state index contributed by atoms with van der Waals surface area (Å²) in [7, 11) is 1.58. The zero-order chi connectivity index (χ0) is 21.3. The van der Waals surface area contributed by atoms with Crippen molar-refractivity contribution in [3.8, 4) is 17.0 Å². The van der Waals surface area contributed by atoms with E-state index in [1.165, 1.54) is 12.3 Å². The van der Waals surface area contributed by atoms with Crippen molar-refractivity contribution in [1.29, 1.82) is 0 Å². The summed E-state index contributed by atoms with van der Waals surface area (Å²) in [6.45, 7) is 4.79. The largest absolute Gasteiger partial charge is 0.490 e. The van der Waals surface area contributed by atoms with Gasteiger partial charge in [0, 0.05) is 44.0 Å². The molecule has 1 aromatic heterocycles. The second-order valence-corrected chi connectivity index (χ2v) is 7.77. The van der Waals surface area contributed by atoms with Crippen LogP contribution in [0.4, 0.5) is 4.39 Å². The third kappa shape index (κ3) is 4.02. The van der Waals surface area contributed by atoms with E-state index in [9.17, 15) is 19.1 Å². The minimum Gasteiger partial charge on any atom is -0.490 e. The molecule has 0 amide bonds. The minimum absolute atomic E-state index is 0.0605. The quantitative estimate of drug-likeness (QED) is 0.676. The first-order valence-electron chi connectivity index (χ1n) is 9.38. The Kier molecular flexibility index (Phi) is 6.29. The summed E-state index contributed by atoms with van der Waals surface area (Å²) >= 11 is 6.35. The van der Waals surface area contributed by atoms with Crippen molar-refractivity contribution >= 4 is 17.6 Å². The van der Waals surface area contributed by atoms with E-state index in [-0.39, 0.29) is 34.9 Å². The van der Waals surface area contributed by atoms with E-state index in [2.05, 4.69) is 0 Å². The normalized spacial score (nSPS) is 15.2. The Labute approximate surface area is 172 Å². The molecule has 1 aliphatic heterocycles. The van der Waals surface area contributed by atoms with E-state index < -0.39 is 17.2 Å². The third-order valence-electron chi connectivity index (χ3n) is 5.13. The summed E-state index contributed by atoms with van der Waals surface area (Å²) in [5.74, 6) is -1.80. The fraction of sp³-hybridized carbons (Fsp3) is 0.429. The van der Waals surface area contributed by atoms with Crippen LogP contribution in [0.15, 0.2) is 23.1 Å². The number of pyridine rings is 1. The first-order valence-corrected chi connectivity index (χ1v) is 9.76. The van der Waals surface area contributed by atoms with Gasteiger partial charge < -0.3 is 19.1 Å². The maximum absolute atomic E-state index is 14.9. The molecule has 2 aromatic rings. The smallest absolute Gasteiger partial charge is 0.341 e.